The van der Waals surface area contributed by atoms with Crippen LogP contribution in [0, 0.1) is 0 Å². The predicted molar refractivity (Wildman–Crippen MR) is 135 cm³/mol. The van der Waals surface area contributed by atoms with Gasteiger partial charge in [-0.15, -0.1) is 17.9 Å². The zero-order valence-electron chi connectivity index (χ0n) is 19.4. The summed E-state index contributed by atoms with van der Waals surface area (Å²) in [5.74, 6) is 0.939. The molecular weight excluding hydrogens is 450 g/mol. The van der Waals surface area contributed by atoms with Crippen LogP contribution in [0.1, 0.15) is 10.4 Å². The van der Waals surface area contributed by atoms with E-state index in [1.807, 2.05) is 47.8 Å². The number of amides is 3. The van der Waals surface area contributed by atoms with Crippen LogP contribution in [0.25, 0.3) is 0 Å². The third-order valence-electron chi connectivity index (χ3n) is 5.06. The summed E-state index contributed by atoms with van der Waals surface area (Å²) in [6.45, 7) is 4.80. The van der Waals surface area contributed by atoms with E-state index in [1.54, 1.807) is 40.5 Å². The molecule has 3 rings (SSSR count). The number of rotatable bonds is 11. The quantitative estimate of drug-likeness (QED) is 0.392. The van der Waals surface area contributed by atoms with Crippen molar-refractivity contribution >= 4 is 29.0 Å². The molecule has 1 aromatic heterocycles. The van der Waals surface area contributed by atoms with Crippen LogP contribution in [-0.2, 0) is 17.9 Å². The summed E-state index contributed by atoms with van der Waals surface area (Å²) in [6, 6.07) is 18.4. The van der Waals surface area contributed by atoms with Gasteiger partial charge in [-0.25, -0.2) is 4.79 Å². The molecule has 0 aliphatic heterocycles. The van der Waals surface area contributed by atoms with E-state index in [9.17, 15) is 9.59 Å². The second kappa shape index (κ2) is 12.5. The van der Waals surface area contributed by atoms with Crippen molar-refractivity contribution in [3.63, 3.8) is 0 Å². The topological polar surface area (TPSA) is 71.1 Å². The first-order chi connectivity index (χ1) is 16.5. The molecule has 0 bridgehead atoms. The molecule has 0 saturated heterocycles. The molecule has 0 unspecified atom stereocenters. The van der Waals surface area contributed by atoms with E-state index in [4.69, 9.17) is 9.47 Å². The van der Waals surface area contributed by atoms with Crippen LogP contribution < -0.4 is 14.8 Å². The average molecular weight is 480 g/mol. The third-order valence-corrected chi connectivity index (χ3v) is 5.92. The van der Waals surface area contributed by atoms with E-state index in [1.165, 1.54) is 19.1 Å². The van der Waals surface area contributed by atoms with Crippen LogP contribution in [0.5, 0.6) is 11.5 Å². The third kappa shape index (κ3) is 7.11. The molecule has 178 valence electrons. The molecule has 0 aliphatic rings. The Balaban J connectivity index is 1.75. The van der Waals surface area contributed by atoms with E-state index < -0.39 is 6.03 Å². The van der Waals surface area contributed by atoms with Crippen LogP contribution in [0.3, 0.4) is 0 Å². The molecule has 0 aliphatic carbocycles. The Morgan fingerprint density at radius 2 is 1.68 bits per heavy atom. The summed E-state index contributed by atoms with van der Waals surface area (Å²) in [7, 11) is 3.08. The van der Waals surface area contributed by atoms with E-state index in [2.05, 4.69) is 11.9 Å². The number of methoxy groups -OCH3 is 2. The molecule has 3 amide bonds. The fraction of sp³-hybridized carbons (Fsp3) is 0.231. The zero-order chi connectivity index (χ0) is 24.3. The first-order valence-electron chi connectivity index (χ1n) is 10.8. The number of hydrogen-bond acceptors (Lipinski definition) is 5. The van der Waals surface area contributed by atoms with Gasteiger partial charge < -0.3 is 24.6 Å². The lowest BCUT2D eigenvalue weighted by Crippen LogP contribution is -2.44. The van der Waals surface area contributed by atoms with E-state index in [-0.39, 0.29) is 19.0 Å². The van der Waals surface area contributed by atoms with Gasteiger partial charge in [0.25, 0.3) is 0 Å². The van der Waals surface area contributed by atoms with E-state index in [0.29, 0.717) is 30.3 Å². The van der Waals surface area contributed by atoms with Gasteiger partial charge in [-0.1, -0.05) is 42.5 Å². The lowest BCUT2D eigenvalue weighted by Gasteiger charge is -2.27. The van der Waals surface area contributed by atoms with Gasteiger partial charge in [0.15, 0.2) is 0 Å². The lowest BCUT2D eigenvalue weighted by molar-refractivity contribution is -0.132. The second-order valence-electron chi connectivity index (χ2n) is 7.52. The summed E-state index contributed by atoms with van der Waals surface area (Å²) >= 11 is 1.60. The van der Waals surface area contributed by atoms with Gasteiger partial charge in [0.1, 0.15) is 18.0 Å². The number of nitrogens with zero attached hydrogens (tertiary/aromatic N) is 2. The highest BCUT2D eigenvalue weighted by atomic mass is 32.1. The van der Waals surface area contributed by atoms with Crippen molar-refractivity contribution in [3.05, 3.63) is 89.1 Å². The highest BCUT2D eigenvalue weighted by Gasteiger charge is 2.22. The molecule has 0 radical (unpaired) electrons. The molecule has 1 heterocycles. The molecular formula is C26H29N3O4S. The van der Waals surface area contributed by atoms with Gasteiger partial charge in [-0.3, -0.25) is 4.79 Å². The lowest BCUT2D eigenvalue weighted by atomic mass is 10.2. The monoisotopic (exact) mass is 479 g/mol. The second-order valence-corrected chi connectivity index (χ2v) is 8.55. The van der Waals surface area contributed by atoms with Gasteiger partial charge in [0, 0.05) is 41.9 Å². The number of carbonyl (C=O) groups is 2. The van der Waals surface area contributed by atoms with Gasteiger partial charge in [0.2, 0.25) is 5.91 Å². The fourth-order valence-electron chi connectivity index (χ4n) is 3.35. The molecule has 2 aromatic carbocycles. The zero-order valence-corrected chi connectivity index (χ0v) is 20.2. The highest BCUT2D eigenvalue weighted by Crippen LogP contribution is 2.26. The maximum absolute atomic E-state index is 13.4. The number of hydrogen-bond donors (Lipinski definition) is 1. The number of nitrogens with one attached hydrogen (secondary N) is 1. The number of urea groups is 1. The normalized spacial score (nSPS) is 10.3. The highest BCUT2D eigenvalue weighted by molar-refractivity contribution is 7.09. The number of benzene rings is 2. The first kappa shape index (κ1) is 24.9. The van der Waals surface area contributed by atoms with Crippen molar-refractivity contribution in [2.75, 3.05) is 32.6 Å². The molecule has 0 atom stereocenters. The van der Waals surface area contributed by atoms with Crippen molar-refractivity contribution in [2.24, 2.45) is 0 Å². The molecule has 3 aromatic rings. The van der Waals surface area contributed by atoms with Gasteiger partial charge in [-0.2, -0.15) is 0 Å². The fourth-order valence-corrected chi connectivity index (χ4v) is 4.07. The summed E-state index contributed by atoms with van der Waals surface area (Å²) < 4.78 is 10.5. The van der Waals surface area contributed by atoms with Crippen LogP contribution in [0.15, 0.2) is 78.7 Å². The minimum atomic E-state index is -0.417. The van der Waals surface area contributed by atoms with Crippen LogP contribution in [-0.4, -0.2) is 49.0 Å². The molecule has 34 heavy (non-hydrogen) atoms. The maximum atomic E-state index is 13.4. The van der Waals surface area contributed by atoms with Crippen molar-refractivity contribution in [1.29, 1.82) is 0 Å². The van der Waals surface area contributed by atoms with Crippen LogP contribution in [0.4, 0.5) is 10.5 Å². The van der Waals surface area contributed by atoms with Crippen molar-refractivity contribution in [1.82, 2.24) is 9.80 Å². The summed E-state index contributed by atoms with van der Waals surface area (Å²) in [4.78, 5) is 30.7. The molecule has 1 N–H and O–H groups in total. The Bertz CT molecular complexity index is 1060. The SMILES string of the molecule is C=CCN(CC(=O)N(Cc1ccccc1)Cc1cccs1)C(=O)Nc1cc(OC)cc(OC)c1. The van der Waals surface area contributed by atoms with Crippen LogP contribution >= 0.6 is 11.3 Å². The standard InChI is InChI=1S/C26H29N3O4S/c1-4-12-28(26(31)27-21-14-22(32-2)16-23(15-21)33-3)19-25(30)29(18-24-11-8-13-34-24)17-20-9-6-5-7-10-20/h4-11,13-16H,1,12,17-19H2,2-3H3,(H,27,31). The Labute approximate surface area is 204 Å². The van der Waals surface area contributed by atoms with Crippen LogP contribution in [0.2, 0.25) is 0 Å². The van der Waals surface area contributed by atoms with Crippen molar-refractivity contribution < 1.29 is 19.1 Å². The van der Waals surface area contributed by atoms with E-state index >= 15 is 0 Å². The average Bonchev–Trinajstić information content (AvgIpc) is 3.36. The molecule has 0 spiro atoms. The van der Waals surface area contributed by atoms with E-state index in [0.717, 1.165) is 10.4 Å². The summed E-state index contributed by atoms with van der Waals surface area (Å²) in [5, 5.41) is 4.81. The summed E-state index contributed by atoms with van der Waals surface area (Å²) in [5.41, 5.74) is 1.53. The molecule has 8 heteroatoms. The number of carbonyl (C=O) groups excluding carboxylic acids is 2. The van der Waals surface area contributed by atoms with Gasteiger partial charge in [-0.05, 0) is 17.0 Å². The van der Waals surface area contributed by atoms with Crippen molar-refractivity contribution in [2.45, 2.75) is 13.1 Å². The Hall–Kier alpha value is -3.78. The number of thiophene rings is 1. The predicted octanol–water partition coefficient (Wildman–Crippen LogP) is 5.01. The molecule has 0 saturated carbocycles. The largest absolute Gasteiger partial charge is 0.497 e. The molecule has 7 nitrogen and oxygen atoms in total. The summed E-state index contributed by atoms with van der Waals surface area (Å²) in [6.07, 6.45) is 1.60. The van der Waals surface area contributed by atoms with Gasteiger partial charge in [0.05, 0.1) is 20.8 Å². The minimum Gasteiger partial charge on any atom is -0.497 e. The smallest absolute Gasteiger partial charge is 0.322 e. The number of anilines is 1. The minimum absolute atomic E-state index is 0.0861. The Morgan fingerprint density at radius 3 is 2.26 bits per heavy atom. The maximum Gasteiger partial charge on any atom is 0.322 e. The first-order valence-corrected chi connectivity index (χ1v) is 11.6. The van der Waals surface area contributed by atoms with Crippen molar-refractivity contribution in [3.8, 4) is 11.5 Å². The molecule has 0 fully saturated rings. The number of ether oxygens (including phenoxy) is 2. The van der Waals surface area contributed by atoms with Gasteiger partial charge >= 0.3 is 6.03 Å². The Morgan fingerprint density at radius 1 is 0.971 bits per heavy atom. The Kier molecular flexibility index (Phi) is 9.11.